The van der Waals surface area contributed by atoms with E-state index in [-0.39, 0.29) is 18.4 Å². The Bertz CT molecular complexity index is 798. The summed E-state index contributed by atoms with van der Waals surface area (Å²) in [7, 11) is 0. The van der Waals surface area contributed by atoms with Gasteiger partial charge in [-0.2, -0.15) is 0 Å². The number of rotatable bonds is 7. The minimum absolute atomic E-state index is 0.0958. The first-order chi connectivity index (χ1) is 12.3. The molecule has 1 aromatic heterocycles. The van der Waals surface area contributed by atoms with Crippen molar-refractivity contribution in [1.82, 2.24) is 9.88 Å². The summed E-state index contributed by atoms with van der Waals surface area (Å²) >= 11 is 0. The second kappa shape index (κ2) is 8.31. The minimum Gasteiger partial charge on any atom is -0.396 e. The smallest absolute Gasteiger partial charge is 0.251 e. The van der Waals surface area contributed by atoms with E-state index in [4.69, 9.17) is 0 Å². The van der Waals surface area contributed by atoms with Crippen molar-refractivity contribution in [3.05, 3.63) is 90.3 Å². The fourth-order valence-corrected chi connectivity index (χ4v) is 2.90. The molecule has 4 nitrogen and oxygen atoms in total. The quantitative estimate of drug-likeness (QED) is 0.696. The Hall–Kier alpha value is -2.85. The Labute approximate surface area is 147 Å². The molecule has 2 aromatic carbocycles. The Morgan fingerprint density at radius 1 is 1.00 bits per heavy atom. The standard InChI is InChI=1S/C21H22N2O2/c24-14-11-19(17-7-2-1-3-8-17)16-22-21(25)18-9-6-10-20(15-18)23-12-4-5-13-23/h1-10,12-13,15,19,24H,11,14,16H2,(H,22,25). The van der Waals surface area contributed by atoms with Crippen molar-refractivity contribution in [2.75, 3.05) is 13.2 Å². The number of nitrogens with zero attached hydrogens (tertiary/aromatic N) is 1. The van der Waals surface area contributed by atoms with Gasteiger partial charge in [0.2, 0.25) is 0 Å². The van der Waals surface area contributed by atoms with E-state index < -0.39 is 0 Å². The minimum atomic E-state index is -0.104. The van der Waals surface area contributed by atoms with Crippen LogP contribution in [-0.2, 0) is 0 Å². The molecule has 3 rings (SSSR count). The molecule has 0 saturated heterocycles. The maximum atomic E-state index is 12.5. The van der Waals surface area contributed by atoms with Gasteiger partial charge in [0, 0.05) is 42.7 Å². The molecule has 1 unspecified atom stereocenters. The van der Waals surface area contributed by atoms with Crippen LogP contribution in [0.25, 0.3) is 5.69 Å². The van der Waals surface area contributed by atoms with Gasteiger partial charge < -0.3 is 15.0 Å². The molecule has 1 amide bonds. The Balaban J connectivity index is 1.68. The summed E-state index contributed by atoms with van der Waals surface area (Å²) in [5.41, 5.74) is 2.70. The molecule has 2 N–H and O–H groups in total. The van der Waals surface area contributed by atoms with Crippen molar-refractivity contribution in [2.24, 2.45) is 0 Å². The second-order valence-electron chi connectivity index (χ2n) is 5.97. The number of nitrogens with one attached hydrogen (secondary N) is 1. The van der Waals surface area contributed by atoms with Gasteiger partial charge in [-0.25, -0.2) is 0 Å². The number of aliphatic hydroxyl groups excluding tert-OH is 1. The second-order valence-corrected chi connectivity index (χ2v) is 5.97. The third-order valence-electron chi connectivity index (χ3n) is 4.27. The molecule has 0 aliphatic heterocycles. The number of aromatic nitrogens is 1. The highest BCUT2D eigenvalue weighted by Gasteiger charge is 2.13. The lowest BCUT2D eigenvalue weighted by molar-refractivity contribution is 0.0949. The molecule has 3 aromatic rings. The summed E-state index contributed by atoms with van der Waals surface area (Å²) in [5, 5.41) is 12.3. The predicted molar refractivity (Wildman–Crippen MR) is 99.0 cm³/mol. The molecule has 1 atom stereocenters. The number of hydrogen-bond donors (Lipinski definition) is 2. The topological polar surface area (TPSA) is 54.3 Å². The lowest BCUT2D eigenvalue weighted by Crippen LogP contribution is -2.29. The van der Waals surface area contributed by atoms with Crippen LogP contribution in [-0.4, -0.2) is 28.7 Å². The van der Waals surface area contributed by atoms with Gasteiger partial charge in [-0.05, 0) is 42.3 Å². The number of hydrogen-bond acceptors (Lipinski definition) is 2. The monoisotopic (exact) mass is 334 g/mol. The molecule has 4 heteroatoms. The van der Waals surface area contributed by atoms with E-state index in [0.29, 0.717) is 18.5 Å². The molecule has 1 heterocycles. The van der Waals surface area contributed by atoms with Gasteiger partial charge in [-0.15, -0.1) is 0 Å². The molecule has 0 spiro atoms. The molecule has 0 aliphatic carbocycles. The maximum Gasteiger partial charge on any atom is 0.251 e. The van der Waals surface area contributed by atoms with E-state index in [1.165, 1.54) is 0 Å². The first kappa shape index (κ1) is 17.0. The number of amides is 1. The van der Waals surface area contributed by atoms with Crippen molar-refractivity contribution in [3.63, 3.8) is 0 Å². The Morgan fingerprint density at radius 3 is 2.48 bits per heavy atom. The molecular formula is C21H22N2O2. The first-order valence-electron chi connectivity index (χ1n) is 8.45. The van der Waals surface area contributed by atoms with Gasteiger partial charge in [0.15, 0.2) is 0 Å². The third-order valence-corrected chi connectivity index (χ3v) is 4.27. The number of aliphatic hydroxyl groups is 1. The molecule has 0 aliphatic rings. The Morgan fingerprint density at radius 2 is 1.76 bits per heavy atom. The van der Waals surface area contributed by atoms with Crippen molar-refractivity contribution in [1.29, 1.82) is 0 Å². The zero-order valence-electron chi connectivity index (χ0n) is 14.0. The summed E-state index contributed by atoms with van der Waals surface area (Å²) in [6.07, 6.45) is 4.51. The van der Waals surface area contributed by atoms with Crippen LogP contribution in [0, 0.1) is 0 Å². The SMILES string of the molecule is O=C(NCC(CCO)c1ccccc1)c1cccc(-n2cccc2)c1. The summed E-state index contributed by atoms with van der Waals surface area (Å²) in [6, 6.07) is 21.4. The van der Waals surface area contributed by atoms with E-state index in [1.54, 1.807) is 0 Å². The average Bonchev–Trinajstić information content (AvgIpc) is 3.20. The van der Waals surface area contributed by atoms with E-state index in [1.807, 2.05) is 83.7 Å². The number of carbonyl (C=O) groups excluding carboxylic acids is 1. The lowest BCUT2D eigenvalue weighted by Gasteiger charge is -2.17. The molecule has 0 radical (unpaired) electrons. The Kier molecular flexibility index (Phi) is 5.65. The van der Waals surface area contributed by atoms with Crippen LogP contribution in [0.3, 0.4) is 0 Å². The average molecular weight is 334 g/mol. The van der Waals surface area contributed by atoms with Gasteiger partial charge in [0.1, 0.15) is 0 Å². The van der Waals surface area contributed by atoms with Gasteiger partial charge >= 0.3 is 0 Å². The maximum absolute atomic E-state index is 12.5. The first-order valence-corrected chi connectivity index (χ1v) is 8.45. The third kappa shape index (κ3) is 4.37. The van der Waals surface area contributed by atoms with Crippen molar-refractivity contribution >= 4 is 5.91 Å². The van der Waals surface area contributed by atoms with Gasteiger partial charge in [-0.3, -0.25) is 4.79 Å². The number of carbonyl (C=O) groups is 1. The normalized spacial score (nSPS) is 11.9. The van der Waals surface area contributed by atoms with Gasteiger partial charge in [-0.1, -0.05) is 36.4 Å². The summed E-state index contributed by atoms with van der Waals surface area (Å²) in [5.74, 6) is -0.00402. The molecule has 0 fully saturated rings. The predicted octanol–water partition coefficient (Wildman–Crippen LogP) is 3.37. The van der Waals surface area contributed by atoms with Crippen molar-refractivity contribution in [2.45, 2.75) is 12.3 Å². The highest BCUT2D eigenvalue weighted by atomic mass is 16.3. The van der Waals surface area contributed by atoms with E-state index >= 15 is 0 Å². The fraction of sp³-hybridized carbons (Fsp3) is 0.190. The van der Waals surface area contributed by atoms with E-state index in [2.05, 4.69) is 5.32 Å². The molecule has 0 bridgehead atoms. The molecular weight excluding hydrogens is 312 g/mol. The lowest BCUT2D eigenvalue weighted by atomic mass is 9.96. The van der Waals surface area contributed by atoms with E-state index in [0.717, 1.165) is 11.3 Å². The van der Waals surface area contributed by atoms with Crippen LogP contribution in [0.4, 0.5) is 0 Å². The largest absolute Gasteiger partial charge is 0.396 e. The zero-order chi connectivity index (χ0) is 17.5. The van der Waals surface area contributed by atoms with Crippen molar-refractivity contribution in [3.8, 4) is 5.69 Å². The molecule has 128 valence electrons. The summed E-state index contributed by atoms with van der Waals surface area (Å²) < 4.78 is 1.97. The molecule has 0 saturated carbocycles. The summed E-state index contributed by atoms with van der Waals surface area (Å²) in [6.45, 7) is 0.593. The highest BCUT2D eigenvalue weighted by molar-refractivity contribution is 5.94. The highest BCUT2D eigenvalue weighted by Crippen LogP contribution is 2.18. The van der Waals surface area contributed by atoms with Crippen LogP contribution in [0.5, 0.6) is 0 Å². The van der Waals surface area contributed by atoms with Crippen molar-refractivity contribution < 1.29 is 9.90 Å². The van der Waals surface area contributed by atoms with E-state index in [9.17, 15) is 9.90 Å². The zero-order valence-corrected chi connectivity index (χ0v) is 14.0. The van der Waals surface area contributed by atoms with Crippen LogP contribution < -0.4 is 5.32 Å². The summed E-state index contributed by atoms with van der Waals surface area (Å²) in [4.78, 5) is 12.5. The van der Waals surface area contributed by atoms with Gasteiger partial charge in [0.05, 0.1) is 0 Å². The van der Waals surface area contributed by atoms with Gasteiger partial charge in [0.25, 0.3) is 5.91 Å². The number of benzene rings is 2. The fourth-order valence-electron chi connectivity index (χ4n) is 2.90. The van der Waals surface area contributed by atoms with Crippen LogP contribution in [0.15, 0.2) is 79.1 Å². The van der Waals surface area contributed by atoms with Crippen LogP contribution in [0.2, 0.25) is 0 Å². The van der Waals surface area contributed by atoms with Crippen LogP contribution >= 0.6 is 0 Å². The molecule has 25 heavy (non-hydrogen) atoms. The van der Waals surface area contributed by atoms with Crippen LogP contribution in [0.1, 0.15) is 28.3 Å².